The number of carboxylic acids is 1. The summed E-state index contributed by atoms with van der Waals surface area (Å²) >= 11 is 0. The Morgan fingerprint density at radius 2 is 1.84 bits per heavy atom. The maximum atomic E-state index is 11.5. The lowest BCUT2D eigenvalue weighted by molar-refractivity contribution is -0.150. The zero-order chi connectivity index (χ0) is 14.4. The molecule has 1 rings (SSSR count). The van der Waals surface area contributed by atoms with Crippen molar-refractivity contribution in [2.45, 2.75) is 20.0 Å². The van der Waals surface area contributed by atoms with Gasteiger partial charge in [-0.15, -0.1) is 0 Å². The van der Waals surface area contributed by atoms with Crippen molar-refractivity contribution in [3.05, 3.63) is 29.8 Å². The maximum Gasteiger partial charge on any atom is 0.332 e. The molecule has 0 saturated heterocycles. The standard InChI is InChI=1S/C13H15NO5/c1-8(15)10-3-5-11(6-4-10)14-12(16)7-19-9(2)13(17)18/h3-6,9H,7H2,1-2H3,(H,14,16)(H,17,18). The summed E-state index contributed by atoms with van der Waals surface area (Å²) in [5, 5.41) is 11.1. The van der Waals surface area contributed by atoms with Crippen LogP contribution in [0.5, 0.6) is 0 Å². The summed E-state index contributed by atoms with van der Waals surface area (Å²) < 4.78 is 4.83. The Bertz CT molecular complexity index is 480. The Kier molecular flexibility index (Phi) is 5.20. The highest BCUT2D eigenvalue weighted by atomic mass is 16.5. The summed E-state index contributed by atoms with van der Waals surface area (Å²) in [5.41, 5.74) is 1.07. The number of nitrogens with one attached hydrogen (secondary N) is 1. The molecule has 2 N–H and O–H groups in total. The van der Waals surface area contributed by atoms with Crippen molar-refractivity contribution < 1.29 is 24.2 Å². The number of carbonyl (C=O) groups excluding carboxylic acids is 2. The van der Waals surface area contributed by atoms with Gasteiger partial charge < -0.3 is 15.2 Å². The van der Waals surface area contributed by atoms with Gasteiger partial charge in [0.25, 0.3) is 0 Å². The number of rotatable bonds is 6. The fourth-order valence-electron chi connectivity index (χ4n) is 1.26. The van der Waals surface area contributed by atoms with Crippen molar-refractivity contribution in [2.75, 3.05) is 11.9 Å². The average Bonchev–Trinajstić information content (AvgIpc) is 2.36. The minimum absolute atomic E-state index is 0.0588. The third-order valence-electron chi connectivity index (χ3n) is 2.39. The van der Waals surface area contributed by atoms with Crippen LogP contribution in [0, 0.1) is 0 Å². The average molecular weight is 265 g/mol. The normalized spacial score (nSPS) is 11.7. The largest absolute Gasteiger partial charge is 0.479 e. The van der Waals surface area contributed by atoms with E-state index < -0.39 is 18.0 Å². The molecule has 102 valence electrons. The van der Waals surface area contributed by atoms with Crippen molar-refractivity contribution in [3.8, 4) is 0 Å². The first-order valence-electron chi connectivity index (χ1n) is 5.65. The summed E-state index contributed by atoms with van der Waals surface area (Å²) in [4.78, 5) is 33.0. The van der Waals surface area contributed by atoms with Crippen molar-refractivity contribution >= 4 is 23.3 Å². The molecule has 1 amide bonds. The number of ketones is 1. The lowest BCUT2D eigenvalue weighted by atomic mass is 10.1. The zero-order valence-electron chi connectivity index (χ0n) is 10.7. The second kappa shape index (κ2) is 6.65. The first-order valence-corrected chi connectivity index (χ1v) is 5.65. The highest BCUT2D eigenvalue weighted by molar-refractivity contribution is 5.95. The van der Waals surface area contributed by atoms with Gasteiger partial charge in [0.1, 0.15) is 6.61 Å². The predicted octanol–water partition coefficient (Wildman–Crippen LogP) is 1.32. The molecule has 0 bridgehead atoms. The minimum atomic E-state index is -1.13. The van der Waals surface area contributed by atoms with Crippen LogP contribution in [0.1, 0.15) is 24.2 Å². The first-order chi connectivity index (χ1) is 8.90. The molecule has 6 nitrogen and oxygen atoms in total. The van der Waals surface area contributed by atoms with Gasteiger partial charge in [-0.1, -0.05) is 0 Å². The fraction of sp³-hybridized carbons (Fsp3) is 0.308. The number of hydrogen-bond acceptors (Lipinski definition) is 4. The number of hydrogen-bond donors (Lipinski definition) is 2. The zero-order valence-corrected chi connectivity index (χ0v) is 10.7. The molecule has 0 radical (unpaired) electrons. The van der Waals surface area contributed by atoms with Crippen molar-refractivity contribution in [3.63, 3.8) is 0 Å². The molecule has 1 unspecified atom stereocenters. The minimum Gasteiger partial charge on any atom is -0.479 e. The van der Waals surface area contributed by atoms with Crippen LogP contribution < -0.4 is 5.32 Å². The van der Waals surface area contributed by atoms with E-state index in [1.54, 1.807) is 24.3 Å². The van der Waals surface area contributed by atoms with Gasteiger partial charge in [-0.05, 0) is 38.1 Å². The molecule has 1 atom stereocenters. The number of ether oxygens (including phenoxy) is 1. The number of benzene rings is 1. The second-order valence-electron chi connectivity index (χ2n) is 3.97. The lowest BCUT2D eigenvalue weighted by Crippen LogP contribution is -2.26. The van der Waals surface area contributed by atoms with Crippen molar-refractivity contribution in [1.82, 2.24) is 0 Å². The maximum absolute atomic E-state index is 11.5. The fourth-order valence-corrected chi connectivity index (χ4v) is 1.26. The number of Topliss-reactive ketones (excluding diaryl/α,β-unsaturated/α-hetero) is 1. The quantitative estimate of drug-likeness (QED) is 0.757. The molecule has 0 aliphatic carbocycles. The number of aliphatic carboxylic acids is 1. The predicted molar refractivity (Wildman–Crippen MR) is 68.1 cm³/mol. The van der Waals surface area contributed by atoms with Gasteiger partial charge in [0.2, 0.25) is 5.91 Å². The van der Waals surface area contributed by atoms with Crippen LogP contribution in [0.15, 0.2) is 24.3 Å². The van der Waals surface area contributed by atoms with Crippen LogP contribution in [0.2, 0.25) is 0 Å². The van der Waals surface area contributed by atoms with Crippen LogP contribution in [-0.4, -0.2) is 35.5 Å². The molecule has 19 heavy (non-hydrogen) atoms. The number of carbonyl (C=O) groups is 3. The molecule has 0 aliphatic rings. The second-order valence-corrected chi connectivity index (χ2v) is 3.97. The van der Waals surface area contributed by atoms with E-state index in [1.165, 1.54) is 13.8 Å². The Morgan fingerprint density at radius 1 is 1.26 bits per heavy atom. The number of anilines is 1. The summed E-state index contributed by atoms with van der Waals surface area (Å²) in [6.07, 6.45) is -1.04. The summed E-state index contributed by atoms with van der Waals surface area (Å²) in [6, 6.07) is 6.38. The van der Waals surface area contributed by atoms with Gasteiger partial charge in [-0.2, -0.15) is 0 Å². The molecule has 0 saturated carbocycles. The molecule has 0 aromatic heterocycles. The van der Waals surface area contributed by atoms with Crippen LogP contribution in [0.25, 0.3) is 0 Å². The SMILES string of the molecule is CC(=O)c1ccc(NC(=O)COC(C)C(=O)O)cc1. The van der Waals surface area contributed by atoms with Gasteiger partial charge in [0, 0.05) is 11.3 Å². The summed E-state index contributed by atoms with van der Waals surface area (Å²) in [5.74, 6) is -1.64. The van der Waals surface area contributed by atoms with Crippen molar-refractivity contribution in [1.29, 1.82) is 0 Å². The van der Waals surface area contributed by atoms with E-state index in [0.717, 1.165) is 0 Å². The van der Waals surface area contributed by atoms with E-state index >= 15 is 0 Å². The van der Waals surface area contributed by atoms with E-state index in [2.05, 4.69) is 5.32 Å². The van der Waals surface area contributed by atoms with Gasteiger partial charge in [0.05, 0.1) is 0 Å². The molecule has 0 fully saturated rings. The smallest absolute Gasteiger partial charge is 0.332 e. The lowest BCUT2D eigenvalue weighted by Gasteiger charge is -2.09. The number of carboxylic acid groups (broad SMARTS) is 1. The molecule has 6 heteroatoms. The molecular formula is C13H15NO5. The highest BCUT2D eigenvalue weighted by Crippen LogP contribution is 2.10. The van der Waals surface area contributed by atoms with Crippen molar-refractivity contribution in [2.24, 2.45) is 0 Å². The Labute approximate surface area is 110 Å². The van der Waals surface area contributed by atoms with Gasteiger partial charge in [0.15, 0.2) is 11.9 Å². The van der Waals surface area contributed by atoms with E-state index in [1.807, 2.05) is 0 Å². The Balaban J connectivity index is 2.48. The van der Waals surface area contributed by atoms with Gasteiger partial charge in [-0.25, -0.2) is 4.79 Å². The van der Waals surface area contributed by atoms with Crippen LogP contribution in [0.3, 0.4) is 0 Å². The van der Waals surface area contributed by atoms with Crippen LogP contribution in [-0.2, 0) is 14.3 Å². The molecule has 1 aromatic carbocycles. The Morgan fingerprint density at radius 3 is 2.32 bits per heavy atom. The van der Waals surface area contributed by atoms with Crippen LogP contribution in [0.4, 0.5) is 5.69 Å². The van der Waals surface area contributed by atoms with Gasteiger partial charge >= 0.3 is 5.97 Å². The monoisotopic (exact) mass is 265 g/mol. The van der Waals surface area contributed by atoms with Crippen LogP contribution >= 0.6 is 0 Å². The third kappa shape index (κ3) is 4.89. The third-order valence-corrected chi connectivity index (χ3v) is 2.39. The highest BCUT2D eigenvalue weighted by Gasteiger charge is 2.13. The number of amides is 1. The first kappa shape index (κ1) is 14.8. The molecule has 0 heterocycles. The molecule has 1 aromatic rings. The Hall–Kier alpha value is -2.21. The molecular weight excluding hydrogens is 250 g/mol. The molecule has 0 spiro atoms. The van der Waals surface area contributed by atoms with Gasteiger partial charge in [-0.3, -0.25) is 9.59 Å². The van der Waals surface area contributed by atoms with E-state index in [4.69, 9.17) is 9.84 Å². The summed E-state index contributed by atoms with van der Waals surface area (Å²) in [7, 11) is 0. The molecule has 0 aliphatic heterocycles. The summed E-state index contributed by atoms with van der Waals surface area (Å²) in [6.45, 7) is 2.45. The topological polar surface area (TPSA) is 92.7 Å². The van der Waals surface area contributed by atoms with E-state index in [-0.39, 0.29) is 12.4 Å². The van der Waals surface area contributed by atoms with E-state index in [9.17, 15) is 14.4 Å². The van der Waals surface area contributed by atoms with E-state index in [0.29, 0.717) is 11.3 Å².